The zero-order valence-corrected chi connectivity index (χ0v) is 45.2. The topological polar surface area (TPSA) is 572 Å². The molecule has 2 heterocycles. The van der Waals surface area contributed by atoms with Gasteiger partial charge in [-0.25, -0.2) is 9.78 Å². The van der Waals surface area contributed by atoms with Crippen molar-refractivity contribution < 1.29 is 116 Å². The summed E-state index contributed by atoms with van der Waals surface area (Å²) in [5, 5.41) is 56.4. The lowest BCUT2D eigenvalue weighted by atomic mass is 10.1. The Hall–Kier alpha value is -7.50. The lowest BCUT2D eigenvalue weighted by molar-refractivity contribution is 0.0690. The molecule has 0 saturated heterocycles. The van der Waals surface area contributed by atoms with Gasteiger partial charge in [-0.1, -0.05) is 11.3 Å². The van der Waals surface area contributed by atoms with Gasteiger partial charge < -0.3 is 20.1 Å². The minimum atomic E-state index is -5.71. The van der Waals surface area contributed by atoms with E-state index < -0.39 is 186 Å². The maximum Gasteiger partial charge on any atom is 0.358 e. The van der Waals surface area contributed by atoms with Crippen LogP contribution in [0.4, 0.5) is 33.6 Å². The van der Waals surface area contributed by atoms with Crippen LogP contribution in [-0.2, 0) is 70.8 Å². The first kappa shape index (κ1) is 60.1. The molecule has 7 rings (SSSR count). The van der Waals surface area contributed by atoms with Gasteiger partial charge in [0.1, 0.15) is 42.4 Å². The van der Waals surface area contributed by atoms with Crippen LogP contribution >= 0.6 is 11.3 Å². The maximum absolute atomic E-state index is 13.0. The van der Waals surface area contributed by atoms with Crippen LogP contribution in [0.2, 0.25) is 0 Å². The second-order valence-corrected chi connectivity index (χ2v) is 26.7. The van der Waals surface area contributed by atoms with Gasteiger partial charge in [0.2, 0.25) is 16.7 Å². The SMILES string of the molecule is Cc1cc(N=Nc2c(S(=O)(=O)O)cc3c(S(=O)(=O)O)c(N=Nc4c(C(=O)O)nn(-c5cc(S(=O)(=O)O)cc(S(=O)(=O)O)c5)c4O)ccc3c2O)c(OCCCS(=O)(=O)O)cc1N=Nc1nc2ccc(S(=O)(=O)O)c(S(=O)(=O)O)c2s1. The molecule has 0 aliphatic rings. The minimum Gasteiger partial charge on any atom is -0.505 e. The Balaban J connectivity index is 1.34. The molecule has 0 spiro atoms. The summed E-state index contributed by atoms with van der Waals surface area (Å²) < 4.78 is 244. The van der Waals surface area contributed by atoms with E-state index in [9.17, 15) is 111 Å². The van der Waals surface area contributed by atoms with Gasteiger partial charge in [0.25, 0.3) is 70.8 Å². The molecule has 0 saturated carbocycles. The van der Waals surface area contributed by atoms with E-state index in [2.05, 4.69) is 40.8 Å². The lowest BCUT2D eigenvalue weighted by Gasteiger charge is -2.13. The number of ether oxygens (including phenoxy) is 1. The highest BCUT2D eigenvalue weighted by molar-refractivity contribution is 7.89. The summed E-state index contributed by atoms with van der Waals surface area (Å²) in [6.45, 7) is 0.835. The average molecular weight is 1270 g/mol. The summed E-state index contributed by atoms with van der Waals surface area (Å²) in [6, 6.07) is 6.78. The zero-order valence-electron chi connectivity index (χ0n) is 38.7. The van der Waals surface area contributed by atoms with Gasteiger partial charge in [-0.15, -0.1) is 30.7 Å². The molecular weight excluding hydrogens is 1240 g/mol. The third kappa shape index (κ3) is 13.1. The Morgan fingerprint density at radius 2 is 1.18 bits per heavy atom. The van der Waals surface area contributed by atoms with Gasteiger partial charge in [0, 0.05) is 16.8 Å². The van der Waals surface area contributed by atoms with Crippen molar-refractivity contribution in [3.63, 3.8) is 0 Å². The van der Waals surface area contributed by atoms with Crippen molar-refractivity contribution in [2.45, 2.75) is 42.7 Å². The number of aromatic nitrogens is 3. The molecule has 0 aliphatic carbocycles. The monoisotopic (exact) mass is 1270 g/mol. The molecule has 0 radical (unpaired) electrons. The first-order chi connectivity index (χ1) is 36.6. The first-order valence-electron chi connectivity index (χ1n) is 20.4. The summed E-state index contributed by atoms with van der Waals surface area (Å²) in [5.41, 5.74) is -6.22. The van der Waals surface area contributed by atoms with Crippen molar-refractivity contribution >= 4 is 143 Å². The number of rotatable bonds is 19. The molecule has 10 N–H and O–H groups in total. The number of benzene rings is 5. The van der Waals surface area contributed by atoms with E-state index in [1.807, 2.05) is 0 Å². The van der Waals surface area contributed by atoms with Crippen molar-refractivity contribution in [2.24, 2.45) is 30.7 Å². The summed E-state index contributed by atoms with van der Waals surface area (Å²) in [7, 11) is -37.0. The molecule has 0 atom stereocenters. The largest absolute Gasteiger partial charge is 0.505 e. The Bertz CT molecular complexity index is 4700. The third-order valence-electron chi connectivity index (χ3n) is 10.3. The van der Waals surface area contributed by atoms with Gasteiger partial charge in [-0.2, -0.15) is 68.7 Å². The number of aromatic hydroxyl groups is 2. The number of aryl methyl sites for hydroxylation is 1. The number of phenolic OH excluding ortho intramolecular Hbond substituents is 1. The fraction of sp³-hybridized carbons (Fsp3) is 0.108. The number of nitrogens with zero attached hydrogens (tertiary/aromatic N) is 9. The number of azo groups is 3. The predicted molar refractivity (Wildman–Crippen MR) is 267 cm³/mol. The smallest absolute Gasteiger partial charge is 0.358 e. The highest BCUT2D eigenvalue weighted by atomic mass is 32.2. The van der Waals surface area contributed by atoms with Crippen LogP contribution in [0.15, 0.2) is 121 Å². The lowest BCUT2D eigenvalue weighted by Crippen LogP contribution is -2.08. The summed E-state index contributed by atoms with van der Waals surface area (Å²) in [5.74, 6) is -5.98. The summed E-state index contributed by atoms with van der Waals surface area (Å²) >= 11 is 0.397. The van der Waals surface area contributed by atoms with Crippen LogP contribution in [0.3, 0.4) is 0 Å². The number of aromatic carboxylic acids is 1. The van der Waals surface area contributed by atoms with Gasteiger partial charge in [0.15, 0.2) is 11.4 Å². The van der Waals surface area contributed by atoms with Crippen molar-refractivity contribution in [3.8, 4) is 23.1 Å². The molecule has 5 aromatic carbocycles. The van der Waals surface area contributed by atoms with Gasteiger partial charge in [0.05, 0.1) is 43.7 Å². The number of fused-ring (bicyclic) bond motifs is 2. The number of carboxylic acid groups (broad SMARTS) is 1. The summed E-state index contributed by atoms with van der Waals surface area (Å²) in [6.07, 6.45) is -0.385. The Morgan fingerprint density at radius 1 is 0.600 bits per heavy atom. The standard InChI is InChI=1S/C37H29N9O26S8/c1-15-9-24(25(72-7-2-8-74(51,52)53)14-23(15)40-44-37-38-21-5-6-26(77(60,61)62)34(32(21)73-37)80(69,70)71)41-42-28-27(78(63,64)65)13-20-19(31(28)47)3-4-22(33(20)79(66,67)68)39-43-29-30(36(49)50)45-46(35(29)48)16-10-17(75(54,55)56)12-18(11-16)76(57,58)59/h3-6,9-14,47-48H,2,7-8H2,1H3,(H,49,50)(H,51,52,53)(H,54,55,56)(H,57,58,59)(H,60,61,62)(H,63,64,65)(H,66,67,68)(H,69,70,71). The van der Waals surface area contributed by atoms with Crippen molar-refractivity contribution in [1.29, 1.82) is 0 Å². The molecule has 35 nitrogen and oxygen atoms in total. The average Bonchev–Trinajstić information content (AvgIpc) is 3.94. The molecule has 7 aromatic rings. The predicted octanol–water partition coefficient (Wildman–Crippen LogP) is 5.44. The first-order valence-corrected chi connectivity index (χ1v) is 31.5. The van der Waals surface area contributed by atoms with Crippen LogP contribution in [0.25, 0.3) is 26.7 Å². The third-order valence-corrected chi connectivity index (χ3v) is 17.6. The molecule has 0 amide bonds. The number of carboxylic acids is 1. The van der Waals surface area contributed by atoms with Crippen molar-refractivity contribution in [3.05, 3.63) is 71.9 Å². The van der Waals surface area contributed by atoms with Crippen molar-refractivity contribution in [1.82, 2.24) is 14.8 Å². The second kappa shape index (κ2) is 21.2. The maximum atomic E-state index is 13.0. The molecular formula is C37H29N9O26S8. The Labute approximate surface area is 451 Å². The van der Waals surface area contributed by atoms with Gasteiger partial charge >= 0.3 is 5.97 Å². The van der Waals surface area contributed by atoms with Crippen LogP contribution in [0.5, 0.6) is 17.4 Å². The van der Waals surface area contributed by atoms with Gasteiger partial charge in [-0.3, -0.25) is 31.9 Å². The summed E-state index contributed by atoms with van der Waals surface area (Å²) in [4.78, 5) is 8.52. The number of hydrogen-bond donors (Lipinski definition) is 10. The fourth-order valence-corrected chi connectivity index (χ4v) is 13.3. The number of hydrogen-bond acceptors (Lipinski definition) is 27. The normalized spacial score (nSPS) is 13.4. The van der Waals surface area contributed by atoms with Crippen LogP contribution < -0.4 is 4.74 Å². The number of phenols is 1. The second-order valence-electron chi connectivity index (χ2n) is 15.8. The molecule has 0 bridgehead atoms. The van der Waals surface area contributed by atoms with Crippen LogP contribution in [0.1, 0.15) is 22.5 Å². The highest BCUT2D eigenvalue weighted by Crippen LogP contribution is 2.47. The Kier molecular flexibility index (Phi) is 15.9. The molecule has 43 heteroatoms. The van der Waals surface area contributed by atoms with E-state index >= 15 is 0 Å². The number of thiazole rings is 1. The van der Waals surface area contributed by atoms with Gasteiger partial charge in [-0.05, 0) is 73.5 Å². The fourth-order valence-electron chi connectivity index (χ4n) is 6.94. The quantitative estimate of drug-likeness (QED) is 0.0274. The molecule has 426 valence electrons. The minimum absolute atomic E-state index is 0.0902. The van der Waals surface area contributed by atoms with Crippen LogP contribution in [-0.4, -0.2) is 139 Å². The Morgan fingerprint density at radius 3 is 1.73 bits per heavy atom. The molecule has 80 heavy (non-hydrogen) atoms. The van der Waals surface area contributed by atoms with Crippen molar-refractivity contribution in [2.75, 3.05) is 12.4 Å². The molecule has 0 aliphatic heterocycles. The van der Waals surface area contributed by atoms with E-state index in [1.165, 1.54) is 6.92 Å². The van der Waals surface area contributed by atoms with E-state index in [1.54, 1.807) is 0 Å². The van der Waals surface area contributed by atoms with Crippen LogP contribution in [0, 0.1) is 6.92 Å². The number of carbonyl (C=O) groups is 1. The molecule has 2 aromatic heterocycles. The molecule has 0 fully saturated rings. The van der Waals surface area contributed by atoms with E-state index in [-0.39, 0.29) is 39.1 Å². The highest BCUT2D eigenvalue weighted by Gasteiger charge is 2.32. The van der Waals surface area contributed by atoms with E-state index in [4.69, 9.17) is 4.74 Å². The van der Waals surface area contributed by atoms with E-state index in [0.29, 0.717) is 41.7 Å². The molecule has 0 unspecified atom stereocenters. The van der Waals surface area contributed by atoms with E-state index in [0.717, 1.165) is 24.3 Å². The zero-order chi connectivity index (χ0) is 59.6.